The molecule has 0 bridgehead atoms. The van der Waals surface area contributed by atoms with Gasteiger partial charge in [0.1, 0.15) is 6.54 Å². The third-order valence-electron chi connectivity index (χ3n) is 6.12. The van der Waals surface area contributed by atoms with Crippen molar-refractivity contribution >= 4 is 27.7 Å². The summed E-state index contributed by atoms with van der Waals surface area (Å²) in [4.78, 5) is 42.1. The summed E-state index contributed by atoms with van der Waals surface area (Å²) in [7, 11) is -3.18. The number of amides is 4. The lowest BCUT2D eigenvalue weighted by atomic mass is 9.82. The number of hydrogen-bond donors (Lipinski definition) is 1. The van der Waals surface area contributed by atoms with Crippen LogP contribution in [-0.2, 0) is 25.0 Å². The molecule has 1 atom stereocenters. The fraction of sp³-hybridized carbons (Fsp3) is 0.348. The van der Waals surface area contributed by atoms with Gasteiger partial charge in [0.2, 0.25) is 5.91 Å². The smallest absolute Gasteiger partial charge is 0.326 e. The third-order valence-corrected chi connectivity index (χ3v) is 7.87. The van der Waals surface area contributed by atoms with Crippen molar-refractivity contribution in [2.45, 2.75) is 24.9 Å². The Morgan fingerprint density at radius 1 is 1.06 bits per heavy atom. The Labute approximate surface area is 187 Å². The van der Waals surface area contributed by atoms with Gasteiger partial charge >= 0.3 is 6.03 Å². The highest BCUT2D eigenvalue weighted by atomic mass is 32.2. The first-order chi connectivity index (χ1) is 15.3. The molecule has 2 aliphatic rings. The first kappa shape index (κ1) is 22.0. The van der Waals surface area contributed by atoms with Gasteiger partial charge in [-0.3, -0.25) is 14.5 Å². The highest BCUT2D eigenvalue weighted by Crippen LogP contribution is 2.36. The number of hydrogen-bond acceptors (Lipinski definition) is 5. The van der Waals surface area contributed by atoms with Crippen LogP contribution >= 0.6 is 0 Å². The molecule has 32 heavy (non-hydrogen) atoms. The number of nitrogens with zero attached hydrogens (tertiary/aromatic N) is 2. The van der Waals surface area contributed by atoms with Crippen molar-refractivity contribution in [1.82, 2.24) is 15.1 Å². The second kappa shape index (κ2) is 8.38. The quantitative estimate of drug-likeness (QED) is 0.665. The highest BCUT2D eigenvalue weighted by molar-refractivity contribution is 7.91. The van der Waals surface area contributed by atoms with Crippen LogP contribution in [0, 0.1) is 0 Å². The summed E-state index contributed by atoms with van der Waals surface area (Å²) in [6, 6.07) is 16.7. The van der Waals surface area contributed by atoms with Gasteiger partial charge < -0.3 is 10.2 Å². The number of imide groups is 1. The lowest BCUT2D eigenvalue weighted by Crippen LogP contribution is -2.48. The highest BCUT2D eigenvalue weighted by Gasteiger charge is 2.54. The molecule has 4 rings (SSSR count). The van der Waals surface area contributed by atoms with Crippen LogP contribution in [0.1, 0.15) is 24.5 Å². The van der Waals surface area contributed by atoms with Crippen LogP contribution in [0.15, 0.2) is 60.7 Å². The molecular weight excluding hydrogens is 430 g/mol. The molecule has 0 aliphatic carbocycles. The second-order valence-electron chi connectivity index (χ2n) is 8.04. The minimum absolute atomic E-state index is 0.0374. The number of sulfone groups is 1. The number of benzene rings is 2. The van der Waals surface area contributed by atoms with Crippen LogP contribution in [0.2, 0.25) is 0 Å². The van der Waals surface area contributed by atoms with E-state index in [4.69, 9.17) is 0 Å². The van der Waals surface area contributed by atoms with E-state index in [0.29, 0.717) is 24.1 Å². The molecule has 1 N–H and O–H groups in total. The van der Waals surface area contributed by atoms with Crippen molar-refractivity contribution in [2.75, 3.05) is 24.6 Å². The Morgan fingerprint density at radius 3 is 2.09 bits per heavy atom. The van der Waals surface area contributed by atoms with Crippen molar-refractivity contribution in [3.8, 4) is 0 Å². The molecule has 8 nitrogen and oxygen atoms in total. The molecule has 2 aromatic rings. The largest absolute Gasteiger partial charge is 0.337 e. The summed E-state index contributed by atoms with van der Waals surface area (Å²) in [6.45, 7) is 1.61. The topological polar surface area (TPSA) is 104 Å². The van der Waals surface area contributed by atoms with Gasteiger partial charge in [-0.25, -0.2) is 13.2 Å². The van der Waals surface area contributed by atoms with Crippen LogP contribution in [0.3, 0.4) is 0 Å². The van der Waals surface area contributed by atoms with Gasteiger partial charge in [-0.15, -0.1) is 0 Å². The van der Waals surface area contributed by atoms with Crippen LogP contribution in [0.4, 0.5) is 4.79 Å². The van der Waals surface area contributed by atoms with Gasteiger partial charge in [0, 0.05) is 12.6 Å². The second-order valence-corrected chi connectivity index (χ2v) is 10.3. The Balaban J connectivity index is 1.64. The maximum absolute atomic E-state index is 13.7. The molecule has 2 aliphatic heterocycles. The number of rotatable bonds is 6. The molecule has 2 heterocycles. The van der Waals surface area contributed by atoms with E-state index in [1.807, 2.05) is 12.1 Å². The number of carbonyl (C=O) groups excluding carboxylic acids is 3. The van der Waals surface area contributed by atoms with Crippen molar-refractivity contribution in [1.29, 1.82) is 0 Å². The van der Waals surface area contributed by atoms with Crippen LogP contribution in [-0.4, -0.2) is 66.7 Å². The lowest BCUT2D eigenvalue weighted by Gasteiger charge is -2.29. The summed E-state index contributed by atoms with van der Waals surface area (Å²) in [6.07, 6.45) is 0.361. The van der Waals surface area contributed by atoms with Crippen molar-refractivity contribution in [3.05, 3.63) is 71.8 Å². The van der Waals surface area contributed by atoms with Gasteiger partial charge in [-0.1, -0.05) is 60.7 Å². The van der Waals surface area contributed by atoms with Crippen molar-refractivity contribution < 1.29 is 22.8 Å². The molecular formula is C23H25N3O5S. The molecule has 0 aromatic heterocycles. The van der Waals surface area contributed by atoms with E-state index >= 15 is 0 Å². The van der Waals surface area contributed by atoms with Crippen LogP contribution < -0.4 is 5.32 Å². The summed E-state index contributed by atoms with van der Waals surface area (Å²) in [5.74, 6) is -1.04. The molecule has 0 spiro atoms. The molecule has 9 heteroatoms. The van der Waals surface area contributed by atoms with E-state index in [1.165, 1.54) is 4.90 Å². The average molecular weight is 456 g/mol. The number of carbonyl (C=O) groups is 3. The zero-order chi connectivity index (χ0) is 22.9. The average Bonchev–Trinajstić information content (AvgIpc) is 3.27. The molecule has 2 aromatic carbocycles. The minimum Gasteiger partial charge on any atom is -0.337 e. The maximum atomic E-state index is 13.7. The van der Waals surface area contributed by atoms with Gasteiger partial charge in [0.05, 0.1) is 11.5 Å². The molecule has 168 valence electrons. The number of likely N-dealkylation sites (N-methyl/N-ethyl adjacent to an activating group) is 1. The zero-order valence-corrected chi connectivity index (χ0v) is 18.5. The summed E-state index contributed by atoms with van der Waals surface area (Å²) in [5.41, 5.74) is -0.254. The van der Waals surface area contributed by atoms with Crippen LogP contribution in [0.25, 0.3) is 0 Å². The Bertz CT molecular complexity index is 1100. The van der Waals surface area contributed by atoms with E-state index in [2.05, 4.69) is 5.32 Å². The molecule has 2 saturated heterocycles. The Morgan fingerprint density at radius 2 is 1.62 bits per heavy atom. The molecule has 4 amide bonds. The Kier molecular flexibility index (Phi) is 5.77. The summed E-state index contributed by atoms with van der Waals surface area (Å²) in [5, 5.41) is 2.82. The molecule has 0 unspecified atom stereocenters. The summed E-state index contributed by atoms with van der Waals surface area (Å²) < 4.78 is 23.7. The SMILES string of the molecule is CCN(C(=O)CN1C(=O)NC(c2ccccc2)(c2ccccc2)C1=O)[C@H]1CCS(=O)(=O)C1. The standard InChI is InChI=1S/C23H25N3O5S/c1-2-25(19-13-14-32(30,31)16-19)20(27)15-26-21(28)23(24-22(26)29,17-9-5-3-6-10-17)18-11-7-4-8-12-18/h3-12,19H,2,13-16H2,1H3,(H,24,29)/t19-/m0/s1. The van der Waals surface area contributed by atoms with Crippen molar-refractivity contribution in [2.24, 2.45) is 0 Å². The van der Waals surface area contributed by atoms with E-state index in [0.717, 1.165) is 4.90 Å². The minimum atomic E-state index is -3.18. The zero-order valence-electron chi connectivity index (χ0n) is 17.7. The van der Waals surface area contributed by atoms with E-state index in [9.17, 15) is 22.8 Å². The Hall–Kier alpha value is -3.20. The normalized spacial score (nSPS) is 21.4. The number of urea groups is 1. The third kappa shape index (κ3) is 3.77. The van der Waals surface area contributed by atoms with E-state index < -0.39 is 45.8 Å². The van der Waals surface area contributed by atoms with Gasteiger partial charge in [-0.2, -0.15) is 0 Å². The molecule has 0 radical (unpaired) electrons. The van der Waals surface area contributed by atoms with Gasteiger partial charge in [-0.05, 0) is 24.5 Å². The van der Waals surface area contributed by atoms with Crippen LogP contribution in [0.5, 0.6) is 0 Å². The molecule has 2 fully saturated rings. The fourth-order valence-electron chi connectivity index (χ4n) is 4.54. The van der Waals surface area contributed by atoms with Gasteiger partial charge in [0.15, 0.2) is 15.4 Å². The first-order valence-electron chi connectivity index (χ1n) is 10.5. The van der Waals surface area contributed by atoms with Crippen molar-refractivity contribution in [3.63, 3.8) is 0 Å². The lowest BCUT2D eigenvalue weighted by molar-refractivity contribution is -0.139. The summed E-state index contributed by atoms with van der Waals surface area (Å²) >= 11 is 0. The maximum Gasteiger partial charge on any atom is 0.326 e. The van der Waals surface area contributed by atoms with E-state index in [-0.39, 0.29) is 11.5 Å². The van der Waals surface area contributed by atoms with E-state index in [1.54, 1.807) is 55.5 Å². The number of nitrogens with one attached hydrogen (secondary N) is 1. The molecule has 0 saturated carbocycles. The first-order valence-corrected chi connectivity index (χ1v) is 12.4. The monoisotopic (exact) mass is 455 g/mol. The predicted octanol–water partition coefficient (Wildman–Crippen LogP) is 1.52. The fourth-order valence-corrected chi connectivity index (χ4v) is 6.27. The predicted molar refractivity (Wildman–Crippen MR) is 118 cm³/mol. The van der Waals surface area contributed by atoms with Gasteiger partial charge in [0.25, 0.3) is 5.91 Å².